The molecule has 0 atom stereocenters. The highest BCUT2D eigenvalue weighted by Crippen LogP contribution is 2.41. The minimum absolute atomic E-state index is 0.378. The summed E-state index contributed by atoms with van der Waals surface area (Å²) in [7, 11) is 5.07. The molecule has 4 N–H and O–H groups in total. The van der Waals surface area contributed by atoms with Crippen molar-refractivity contribution >= 4 is 11.4 Å². The molecule has 0 bridgehead atoms. The predicted octanol–water partition coefficient (Wildman–Crippen LogP) is 7.76. The first-order valence-corrected chi connectivity index (χ1v) is 14.1. The lowest BCUT2D eigenvalue weighted by Crippen LogP contribution is -2.21. The minimum atomic E-state index is -0.378. The molecule has 222 valence electrons. The number of hydrogen-bond donors (Lipinski definition) is 2. The van der Waals surface area contributed by atoms with E-state index in [4.69, 9.17) is 35.2 Å². The summed E-state index contributed by atoms with van der Waals surface area (Å²) >= 11 is 0. The van der Waals surface area contributed by atoms with E-state index < -0.39 is 0 Å². The van der Waals surface area contributed by atoms with Gasteiger partial charge in [-0.05, 0) is 89.8 Å². The Morgan fingerprint density at radius 2 is 0.881 bits per heavy atom. The Hall–Kier alpha value is -4.04. The summed E-state index contributed by atoms with van der Waals surface area (Å²) in [5, 5.41) is 0. The molecular formula is C35H42N2O5. The first kappa shape index (κ1) is 30.9. The third-order valence-corrected chi connectivity index (χ3v) is 7.41. The molecule has 0 saturated carbocycles. The third kappa shape index (κ3) is 7.05. The van der Waals surface area contributed by atoms with Crippen molar-refractivity contribution in [2.45, 2.75) is 52.4 Å². The van der Waals surface area contributed by atoms with E-state index >= 15 is 0 Å². The highest BCUT2D eigenvalue weighted by molar-refractivity contribution is 5.55. The van der Waals surface area contributed by atoms with Gasteiger partial charge in [0.1, 0.15) is 23.0 Å². The van der Waals surface area contributed by atoms with Crippen LogP contribution in [0.4, 0.5) is 11.4 Å². The van der Waals surface area contributed by atoms with E-state index in [9.17, 15) is 0 Å². The fraction of sp³-hybridized carbons (Fsp3) is 0.314. The average Bonchev–Trinajstić information content (AvgIpc) is 2.97. The van der Waals surface area contributed by atoms with E-state index in [-0.39, 0.29) is 5.41 Å². The van der Waals surface area contributed by atoms with Gasteiger partial charge in [-0.2, -0.15) is 0 Å². The SMILES string of the molecule is CCc1cc(C(C)(C)c2cc(COC)c(Oc3ccc(N)cc3)c(COC)c2)cc(COC)c1Oc1ccc(N)cc1. The van der Waals surface area contributed by atoms with Crippen LogP contribution < -0.4 is 20.9 Å². The molecule has 0 aliphatic rings. The number of rotatable bonds is 13. The Balaban J connectivity index is 1.81. The molecule has 0 aliphatic heterocycles. The van der Waals surface area contributed by atoms with E-state index in [1.165, 1.54) is 0 Å². The Labute approximate surface area is 249 Å². The Morgan fingerprint density at radius 3 is 1.21 bits per heavy atom. The monoisotopic (exact) mass is 570 g/mol. The number of nitrogens with two attached hydrogens (primary N) is 2. The summed E-state index contributed by atoms with van der Waals surface area (Å²) in [6.07, 6.45) is 0.795. The van der Waals surface area contributed by atoms with Crippen molar-refractivity contribution in [3.63, 3.8) is 0 Å². The van der Waals surface area contributed by atoms with Gasteiger partial charge in [-0.15, -0.1) is 0 Å². The second-order valence-electron chi connectivity index (χ2n) is 10.9. The Kier molecular flexibility index (Phi) is 10.1. The summed E-state index contributed by atoms with van der Waals surface area (Å²) in [5.41, 5.74) is 19.0. The summed E-state index contributed by atoms with van der Waals surface area (Å²) in [6.45, 7) is 7.77. The van der Waals surface area contributed by atoms with Crippen LogP contribution in [-0.2, 0) is 45.9 Å². The normalized spacial score (nSPS) is 11.5. The average molecular weight is 571 g/mol. The molecule has 0 aromatic heterocycles. The van der Waals surface area contributed by atoms with Gasteiger partial charge in [-0.1, -0.05) is 26.8 Å². The summed E-state index contributed by atoms with van der Waals surface area (Å²) in [6, 6.07) is 23.5. The second-order valence-corrected chi connectivity index (χ2v) is 10.9. The quantitative estimate of drug-likeness (QED) is 0.159. The lowest BCUT2D eigenvalue weighted by molar-refractivity contribution is 0.175. The number of hydrogen-bond acceptors (Lipinski definition) is 7. The third-order valence-electron chi connectivity index (χ3n) is 7.41. The van der Waals surface area contributed by atoms with E-state index in [1.54, 1.807) is 21.3 Å². The predicted molar refractivity (Wildman–Crippen MR) is 168 cm³/mol. The zero-order chi connectivity index (χ0) is 30.3. The van der Waals surface area contributed by atoms with Crippen LogP contribution in [0.2, 0.25) is 0 Å². The number of aryl methyl sites for hydroxylation is 1. The molecule has 0 saturated heterocycles. The van der Waals surface area contributed by atoms with Crippen molar-refractivity contribution < 1.29 is 23.7 Å². The lowest BCUT2D eigenvalue weighted by atomic mass is 9.75. The number of benzene rings is 4. The van der Waals surface area contributed by atoms with Crippen LogP contribution in [0.15, 0.2) is 72.8 Å². The molecule has 0 aliphatic carbocycles. The van der Waals surface area contributed by atoms with E-state index in [2.05, 4.69) is 45.0 Å². The van der Waals surface area contributed by atoms with Crippen molar-refractivity contribution in [3.8, 4) is 23.0 Å². The molecular weight excluding hydrogens is 528 g/mol. The van der Waals surface area contributed by atoms with Crippen LogP contribution in [0.5, 0.6) is 23.0 Å². The van der Waals surface area contributed by atoms with Crippen LogP contribution in [0.25, 0.3) is 0 Å². The summed E-state index contributed by atoms with van der Waals surface area (Å²) < 4.78 is 29.6. The molecule has 7 nitrogen and oxygen atoms in total. The van der Waals surface area contributed by atoms with Crippen molar-refractivity contribution in [1.29, 1.82) is 0 Å². The molecule has 4 rings (SSSR count). The van der Waals surface area contributed by atoms with Crippen LogP contribution >= 0.6 is 0 Å². The maximum Gasteiger partial charge on any atom is 0.138 e. The lowest BCUT2D eigenvalue weighted by Gasteiger charge is -2.30. The molecule has 4 aromatic rings. The smallest absolute Gasteiger partial charge is 0.138 e. The highest BCUT2D eigenvalue weighted by atomic mass is 16.5. The van der Waals surface area contributed by atoms with Crippen molar-refractivity contribution in [1.82, 2.24) is 0 Å². The Morgan fingerprint density at radius 1 is 0.548 bits per heavy atom. The van der Waals surface area contributed by atoms with Crippen molar-refractivity contribution in [3.05, 3.63) is 106 Å². The molecule has 0 spiro atoms. The van der Waals surface area contributed by atoms with Crippen LogP contribution in [0.1, 0.15) is 54.2 Å². The largest absolute Gasteiger partial charge is 0.457 e. The van der Waals surface area contributed by atoms with Gasteiger partial charge in [0.15, 0.2) is 0 Å². The van der Waals surface area contributed by atoms with E-state index in [0.717, 1.165) is 57.1 Å². The fourth-order valence-electron chi connectivity index (χ4n) is 5.02. The maximum atomic E-state index is 6.40. The van der Waals surface area contributed by atoms with Crippen LogP contribution in [0, 0.1) is 0 Å². The fourth-order valence-corrected chi connectivity index (χ4v) is 5.02. The molecule has 0 radical (unpaired) electrons. The number of ether oxygens (including phenoxy) is 5. The standard InChI is InChI=1S/C35H42N2O5/c1-7-23-16-27(17-24(20-38-4)33(23)41-31-12-8-29(36)9-13-31)35(2,3)28-18-25(21-39-5)34(26(19-28)22-40-6)42-32-14-10-30(37)11-15-32/h8-19H,7,20-22,36-37H2,1-6H3. The maximum absolute atomic E-state index is 6.40. The van der Waals surface area contributed by atoms with Gasteiger partial charge in [-0.3, -0.25) is 0 Å². The van der Waals surface area contributed by atoms with Gasteiger partial charge in [0.05, 0.1) is 19.8 Å². The number of anilines is 2. The molecule has 0 heterocycles. The molecule has 4 aromatic carbocycles. The van der Waals surface area contributed by atoms with Gasteiger partial charge in [0, 0.05) is 54.8 Å². The minimum Gasteiger partial charge on any atom is -0.457 e. The second kappa shape index (κ2) is 13.7. The van der Waals surface area contributed by atoms with Gasteiger partial charge in [0.25, 0.3) is 0 Å². The molecule has 42 heavy (non-hydrogen) atoms. The topological polar surface area (TPSA) is 98.2 Å². The van der Waals surface area contributed by atoms with Gasteiger partial charge in [0.2, 0.25) is 0 Å². The van der Waals surface area contributed by atoms with Gasteiger partial charge in [-0.25, -0.2) is 0 Å². The number of nitrogen functional groups attached to an aromatic ring is 2. The van der Waals surface area contributed by atoms with E-state index in [1.807, 2.05) is 48.5 Å². The Bertz CT molecular complexity index is 1450. The van der Waals surface area contributed by atoms with Crippen molar-refractivity contribution in [2.24, 2.45) is 0 Å². The first-order valence-electron chi connectivity index (χ1n) is 14.1. The molecule has 0 unspecified atom stereocenters. The van der Waals surface area contributed by atoms with Gasteiger partial charge >= 0.3 is 0 Å². The molecule has 0 amide bonds. The first-order chi connectivity index (χ1) is 20.2. The zero-order valence-electron chi connectivity index (χ0n) is 25.5. The molecule has 0 fully saturated rings. The van der Waals surface area contributed by atoms with Gasteiger partial charge < -0.3 is 35.2 Å². The highest BCUT2D eigenvalue weighted by Gasteiger charge is 2.28. The van der Waals surface area contributed by atoms with Crippen molar-refractivity contribution in [2.75, 3.05) is 32.8 Å². The van der Waals surface area contributed by atoms with E-state index in [0.29, 0.717) is 36.9 Å². The van der Waals surface area contributed by atoms with Crippen LogP contribution in [0.3, 0.4) is 0 Å². The number of methoxy groups -OCH3 is 3. The summed E-state index contributed by atoms with van der Waals surface area (Å²) in [5.74, 6) is 2.97. The zero-order valence-corrected chi connectivity index (χ0v) is 25.5. The van der Waals surface area contributed by atoms with Crippen LogP contribution in [-0.4, -0.2) is 21.3 Å². The summed E-state index contributed by atoms with van der Waals surface area (Å²) in [4.78, 5) is 0. The molecule has 7 heteroatoms.